The minimum atomic E-state index is 0.754. The molecule has 1 rings (SSSR count). The lowest BCUT2D eigenvalue weighted by Crippen LogP contribution is -2.15. The Balaban J connectivity index is 2.44. The second kappa shape index (κ2) is 9.10. The number of ether oxygens (including phenoxy) is 1. The number of unbranched alkanes of at least 4 members (excludes halogenated alkanes) is 1. The number of hydrogen-bond acceptors (Lipinski definition) is 3. The molecule has 1 aromatic rings. The van der Waals surface area contributed by atoms with Gasteiger partial charge in [0, 0.05) is 24.4 Å². The summed E-state index contributed by atoms with van der Waals surface area (Å²) in [5.74, 6) is 0. The Morgan fingerprint density at radius 1 is 1.16 bits per heavy atom. The molecular weight excluding hydrogens is 238 g/mol. The van der Waals surface area contributed by atoms with E-state index < -0.39 is 0 Å². The highest BCUT2D eigenvalue weighted by atomic mass is 16.5. The van der Waals surface area contributed by atoms with E-state index in [1.165, 1.54) is 17.7 Å². The molecule has 0 fully saturated rings. The summed E-state index contributed by atoms with van der Waals surface area (Å²) in [6.07, 6.45) is 3.49. The molecule has 0 atom stereocenters. The summed E-state index contributed by atoms with van der Waals surface area (Å²) in [7, 11) is 0. The zero-order chi connectivity index (χ0) is 14.1. The van der Waals surface area contributed by atoms with Crippen LogP contribution in [0.2, 0.25) is 0 Å². The predicted molar refractivity (Wildman–Crippen MR) is 79.4 cm³/mol. The monoisotopic (exact) mass is 267 g/mol. The molecule has 0 aromatic carbocycles. The maximum absolute atomic E-state index is 5.60. The van der Waals surface area contributed by atoms with E-state index >= 15 is 0 Å². The lowest BCUT2D eigenvalue weighted by Gasteiger charge is -2.07. The van der Waals surface area contributed by atoms with Crippen LogP contribution in [-0.2, 0) is 17.8 Å². The maximum atomic E-state index is 5.60. The molecule has 0 saturated heterocycles. The van der Waals surface area contributed by atoms with Gasteiger partial charge in [-0.25, -0.2) is 0 Å². The van der Waals surface area contributed by atoms with Crippen LogP contribution in [0.4, 0.5) is 0 Å². The first-order chi connectivity index (χ1) is 9.20. The van der Waals surface area contributed by atoms with Crippen LogP contribution in [0.3, 0.4) is 0 Å². The van der Waals surface area contributed by atoms with Gasteiger partial charge < -0.3 is 10.1 Å². The predicted octanol–water partition coefficient (Wildman–Crippen LogP) is 2.82. The molecule has 110 valence electrons. The summed E-state index contributed by atoms with van der Waals surface area (Å²) in [5, 5.41) is 8.05. The van der Waals surface area contributed by atoms with Gasteiger partial charge in [-0.15, -0.1) is 0 Å². The van der Waals surface area contributed by atoms with E-state index in [4.69, 9.17) is 4.74 Å². The standard InChI is InChI=1S/C15H29N3O/c1-5-7-10-19-11-9-18-14(4)15(13(3)17-18)12-16-8-6-2/h16H,5-12H2,1-4H3. The SMILES string of the molecule is CCCCOCCn1nc(C)c(CNCCC)c1C. The molecule has 0 saturated carbocycles. The number of aromatic nitrogens is 2. The average molecular weight is 267 g/mol. The Morgan fingerprint density at radius 2 is 1.95 bits per heavy atom. The molecule has 0 aliphatic heterocycles. The van der Waals surface area contributed by atoms with Crippen LogP contribution in [0.5, 0.6) is 0 Å². The highest BCUT2D eigenvalue weighted by Crippen LogP contribution is 2.12. The van der Waals surface area contributed by atoms with Gasteiger partial charge >= 0.3 is 0 Å². The van der Waals surface area contributed by atoms with Crippen LogP contribution in [0.25, 0.3) is 0 Å². The van der Waals surface area contributed by atoms with Gasteiger partial charge in [-0.1, -0.05) is 20.3 Å². The van der Waals surface area contributed by atoms with E-state index in [-0.39, 0.29) is 0 Å². The van der Waals surface area contributed by atoms with Gasteiger partial charge in [0.1, 0.15) is 0 Å². The topological polar surface area (TPSA) is 39.1 Å². The summed E-state index contributed by atoms with van der Waals surface area (Å²) in [5.41, 5.74) is 3.73. The summed E-state index contributed by atoms with van der Waals surface area (Å²) in [6, 6.07) is 0. The molecular formula is C15H29N3O. The van der Waals surface area contributed by atoms with Crippen LogP contribution in [0, 0.1) is 13.8 Å². The number of hydrogen-bond donors (Lipinski definition) is 1. The van der Waals surface area contributed by atoms with Crippen LogP contribution in [-0.4, -0.2) is 29.5 Å². The van der Waals surface area contributed by atoms with Crippen LogP contribution >= 0.6 is 0 Å². The second-order valence-corrected chi connectivity index (χ2v) is 5.02. The van der Waals surface area contributed by atoms with Gasteiger partial charge in [0.05, 0.1) is 18.8 Å². The third kappa shape index (κ3) is 5.33. The first-order valence-electron chi connectivity index (χ1n) is 7.52. The Labute approximate surface area is 117 Å². The molecule has 0 amide bonds. The third-order valence-electron chi connectivity index (χ3n) is 3.35. The summed E-state index contributed by atoms with van der Waals surface area (Å²) < 4.78 is 7.68. The van der Waals surface area contributed by atoms with Crippen molar-refractivity contribution in [2.75, 3.05) is 19.8 Å². The first-order valence-corrected chi connectivity index (χ1v) is 7.52. The van der Waals surface area contributed by atoms with E-state index in [1.54, 1.807) is 0 Å². The fourth-order valence-electron chi connectivity index (χ4n) is 2.10. The van der Waals surface area contributed by atoms with Crippen molar-refractivity contribution in [2.45, 2.75) is 60.0 Å². The Kier molecular flexibility index (Phi) is 7.75. The Bertz CT molecular complexity index is 361. The van der Waals surface area contributed by atoms with Gasteiger partial charge in [0.2, 0.25) is 0 Å². The van der Waals surface area contributed by atoms with Crippen molar-refractivity contribution in [1.82, 2.24) is 15.1 Å². The molecule has 1 N–H and O–H groups in total. The highest BCUT2D eigenvalue weighted by molar-refractivity contribution is 5.24. The zero-order valence-electron chi connectivity index (χ0n) is 13.0. The van der Waals surface area contributed by atoms with Crippen molar-refractivity contribution in [1.29, 1.82) is 0 Å². The van der Waals surface area contributed by atoms with Crippen molar-refractivity contribution >= 4 is 0 Å². The number of rotatable bonds is 10. The number of nitrogens with one attached hydrogen (secondary N) is 1. The van der Waals surface area contributed by atoms with Gasteiger partial charge in [0.25, 0.3) is 0 Å². The molecule has 4 nitrogen and oxygen atoms in total. The largest absolute Gasteiger partial charge is 0.380 e. The molecule has 0 spiro atoms. The summed E-state index contributed by atoms with van der Waals surface area (Å²) >= 11 is 0. The second-order valence-electron chi connectivity index (χ2n) is 5.02. The normalized spacial score (nSPS) is 11.2. The molecule has 0 aliphatic carbocycles. The summed E-state index contributed by atoms with van der Waals surface area (Å²) in [6.45, 7) is 13.0. The number of aryl methyl sites for hydroxylation is 1. The van der Waals surface area contributed by atoms with Gasteiger partial charge in [0.15, 0.2) is 0 Å². The Hall–Kier alpha value is -0.870. The Morgan fingerprint density at radius 3 is 2.63 bits per heavy atom. The molecule has 0 radical (unpaired) electrons. The van der Waals surface area contributed by atoms with Crippen molar-refractivity contribution in [3.05, 3.63) is 17.0 Å². The quantitative estimate of drug-likeness (QED) is 0.663. The van der Waals surface area contributed by atoms with Gasteiger partial charge in [-0.05, 0) is 33.2 Å². The molecule has 1 aromatic heterocycles. The van der Waals surface area contributed by atoms with E-state index in [0.717, 1.165) is 51.4 Å². The minimum absolute atomic E-state index is 0.754. The zero-order valence-corrected chi connectivity index (χ0v) is 13.0. The lowest BCUT2D eigenvalue weighted by atomic mass is 10.2. The van der Waals surface area contributed by atoms with E-state index in [0.29, 0.717) is 0 Å². The van der Waals surface area contributed by atoms with E-state index in [2.05, 4.69) is 42.8 Å². The fraction of sp³-hybridized carbons (Fsp3) is 0.800. The molecule has 0 bridgehead atoms. The van der Waals surface area contributed by atoms with Crippen molar-refractivity contribution in [3.8, 4) is 0 Å². The molecule has 4 heteroatoms. The third-order valence-corrected chi connectivity index (χ3v) is 3.35. The van der Waals surface area contributed by atoms with Crippen molar-refractivity contribution in [3.63, 3.8) is 0 Å². The first kappa shape index (κ1) is 16.2. The average Bonchev–Trinajstić information content (AvgIpc) is 2.66. The molecule has 0 aliphatic rings. The fourth-order valence-corrected chi connectivity index (χ4v) is 2.10. The van der Waals surface area contributed by atoms with Crippen LogP contribution < -0.4 is 5.32 Å². The van der Waals surface area contributed by atoms with Gasteiger partial charge in [-0.2, -0.15) is 5.10 Å². The molecule has 19 heavy (non-hydrogen) atoms. The van der Waals surface area contributed by atoms with Gasteiger partial charge in [-0.3, -0.25) is 4.68 Å². The highest BCUT2D eigenvalue weighted by Gasteiger charge is 2.10. The van der Waals surface area contributed by atoms with Crippen LogP contribution in [0.1, 0.15) is 50.1 Å². The van der Waals surface area contributed by atoms with Crippen LogP contribution in [0.15, 0.2) is 0 Å². The molecule has 1 heterocycles. The minimum Gasteiger partial charge on any atom is -0.380 e. The van der Waals surface area contributed by atoms with E-state index in [9.17, 15) is 0 Å². The smallest absolute Gasteiger partial charge is 0.0662 e. The molecule has 0 unspecified atom stereocenters. The van der Waals surface area contributed by atoms with Crippen molar-refractivity contribution < 1.29 is 4.74 Å². The lowest BCUT2D eigenvalue weighted by molar-refractivity contribution is 0.120. The maximum Gasteiger partial charge on any atom is 0.0662 e. The van der Waals surface area contributed by atoms with E-state index in [1.807, 2.05) is 0 Å². The van der Waals surface area contributed by atoms with Crippen molar-refractivity contribution in [2.24, 2.45) is 0 Å². The summed E-state index contributed by atoms with van der Waals surface area (Å²) in [4.78, 5) is 0. The number of nitrogens with zero attached hydrogens (tertiary/aromatic N) is 2.